The first-order chi connectivity index (χ1) is 8.22. The van der Waals surface area contributed by atoms with Crippen molar-refractivity contribution >= 4 is 10.8 Å². The van der Waals surface area contributed by atoms with Gasteiger partial charge in [-0.25, -0.2) is 0 Å². The third-order valence-electron chi connectivity index (χ3n) is 3.53. The molecule has 1 aromatic carbocycles. The number of benzene rings is 1. The average Bonchev–Trinajstić information content (AvgIpc) is 2.39. The molecule has 2 heteroatoms. The highest BCUT2D eigenvalue weighted by molar-refractivity contribution is 7.84. The van der Waals surface area contributed by atoms with Crippen LogP contribution in [0.4, 0.5) is 0 Å². The fourth-order valence-electron chi connectivity index (χ4n) is 2.62. The molecule has 2 rings (SSSR count). The molecular weight excluding hydrogens is 228 g/mol. The summed E-state index contributed by atoms with van der Waals surface area (Å²) in [6.45, 7) is 0. The summed E-state index contributed by atoms with van der Waals surface area (Å²) in [5.74, 6) is 3.20. The van der Waals surface area contributed by atoms with Crippen molar-refractivity contribution in [2.75, 3.05) is 6.26 Å². The fraction of sp³-hybridized carbons (Fsp3) is 0.467. The molecule has 90 valence electrons. The van der Waals surface area contributed by atoms with Crippen molar-refractivity contribution in [1.29, 1.82) is 0 Å². The van der Waals surface area contributed by atoms with Gasteiger partial charge >= 0.3 is 0 Å². The van der Waals surface area contributed by atoms with Crippen molar-refractivity contribution in [2.45, 2.75) is 42.9 Å². The fourth-order valence-corrected chi connectivity index (χ4v) is 3.48. The van der Waals surface area contributed by atoms with Crippen molar-refractivity contribution in [3.63, 3.8) is 0 Å². The van der Waals surface area contributed by atoms with E-state index in [-0.39, 0.29) is 0 Å². The zero-order chi connectivity index (χ0) is 12.3. The average molecular weight is 246 g/mol. The summed E-state index contributed by atoms with van der Waals surface area (Å²) in [5, 5.41) is 0. The predicted molar refractivity (Wildman–Crippen MR) is 72.5 cm³/mol. The van der Waals surface area contributed by atoms with Gasteiger partial charge < -0.3 is 0 Å². The number of hydrogen-bond donors (Lipinski definition) is 0. The van der Waals surface area contributed by atoms with Crippen molar-refractivity contribution in [1.82, 2.24) is 0 Å². The maximum Gasteiger partial charge on any atom is 0.0501 e. The lowest BCUT2D eigenvalue weighted by molar-refractivity contribution is 0.439. The molecule has 1 atom stereocenters. The molecule has 0 bridgehead atoms. The van der Waals surface area contributed by atoms with Gasteiger partial charge in [-0.05, 0) is 36.5 Å². The van der Waals surface area contributed by atoms with Gasteiger partial charge in [0.25, 0.3) is 0 Å². The lowest BCUT2D eigenvalue weighted by Gasteiger charge is -2.23. The molecule has 0 aliphatic heterocycles. The van der Waals surface area contributed by atoms with Gasteiger partial charge in [0.2, 0.25) is 0 Å². The Morgan fingerprint density at radius 2 is 2.00 bits per heavy atom. The predicted octanol–water partition coefficient (Wildman–Crippen LogP) is 3.45. The van der Waals surface area contributed by atoms with E-state index in [9.17, 15) is 4.21 Å². The molecule has 17 heavy (non-hydrogen) atoms. The molecule has 0 saturated heterocycles. The van der Waals surface area contributed by atoms with Crippen LogP contribution in [0.1, 0.15) is 49.1 Å². The van der Waals surface area contributed by atoms with Gasteiger partial charge in [0.1, 0.15) is 0 Å². The number of terminal acetylenes is 1. The van der Waals surface area contributed by atoms with Gasteiger partial charge in [0, 0.05) is 16.7 Å². The van der Waals surface area contributed by atoms with Crippen LogP contribution in [0.15, 0.2) is 23.1 Å². The van der Waals surface area contributed by atoms with E-state index in [0.29, 0.717) is 5.92 Å². The van der Waals surface area contributed by atoms with E-state index in [1.807, 2.05) is 12.1 Å². The molecule has 1 fully saturated rings. The highest BCUT2D eigenvalue weighted by atomic mass is 32.2. The molecule has 1 aliphatic carbocycles. The topological polar surface area (TPSA) is 17.1 Å². The highest BCUT2D eigenvalue weighted by Crippen LogP contribution is 2.35. The van der Waals surface area contributed by atoms with Crippen LogP contribution in [0, 0.1) is 12.3 Å². The Labute approximate surface area is 106 Å². The lowest BCUT2D eigenvalue weighted by atomic mass is 9.84. The molecule has 0 heterocycles. The van der Waals surface area contributed by atoms with E-state index in [0.717, 1.165) is 10.5 Å². The van der Waals surface area contributed by atoms with E-state index >= 15 is 0 Å². The third kappa shape index (κ3) is 2.79. The molecule has 0 N–H and O–H groups in total. The van der Waals surface area contributed by atoms with Crippen molar-refractivity contribution in [3.8, 4) is 12.3 Å². The molecule has 0 amide bonds. The van der Waals surface area contributed by atoms with Gasteiger partial charge in [0.05, 0.1) is 10.8 Å². The molecule has 0 radical (unpaired) electrons. The van der Waals surface area contributed by atoms with Crippen molar-refractivity contribution in [2.24, 2.45) is 0 Å². The summed E-state index contributed by atoms with van der Waals surface area (Å²) >= 11 is 0. The Balaban J connectivity index is 2.38. The molecule has 1 nitrogen and oxygen atoms in total. The molecular formula is C15H18OS. The van der Waals surface area contributed by atoms with Crippen LogP contribution in [0.2, 0.25) is 0 Å². The Kier molecular flexibility index (Phi) is 4.02. The monoisotopic (exact) mass is 246 g/mol. The van der Waals surface area contributed by atoms with Crippen LogP contribution < -0.4 is 0 Å². The van der Waals surface area contributed by atoms with Crippen molar-refractivity contribution < 1.29 is 4.21 Å². The summed E-state index contributed by atoms with van der Waals surface area (Å²) in [4.78, 5) is 0.937. The summed E-state index contributed by atoms with van der Waals surface area (Å²) in [7, 11) is -0.950. The van der Waals surface area contributed by atoms with Gasteiger partial charge in [-0.1, -0.05) is 31.2 Å². The van der Waals surface area contributed by atoms with E-state index < -0.39 is 10.8 Å². The van der Waals surface area contributed by atoms with Gasteiger partial charge in [-0.15, -0.1) is 6.42 Å². The lowest BCUT2D eigenvalue weighted by Crippen LogP contribution is -2.08. The van der Waals surface area contributed by atoms with Crippen LogP contribution in [0.5, 0.6) is 0 Å². The molecule has 1 aliphatic rings. The van der Waals surface area contributed by atoms with E-state index in [4.69, 9.17) is 6.42 Å². The van der Waals surface area contributed by atoms with Crippen LogP contribution >= 0.6 is 0 Å². The zero-order valence-corrected chi connectivity index (χ0v) is 11.1. The summed E-state index contributed by atoms with van der Waals surface area (Å²) in [6, 6.07) is 5.97. The van der Waals surface area contributed by atoms with Crippen LogP contribution in [-0.4, -0.2) is 10.5 Å². The summed E-state index contributed by atoms with van der Waals surface area (Å²) < 4.78 is 11.8. The molecule has 1 aromatic rings. The van der Waals surface area contributed by atoms with E-state index in [1.165, 1.54) is 37.7 Å². The Morgan fingerprint density at radius 3 is 2.59 bits per heavy atom. The normalized spacial score (nSPS) is 18.6. The van der Waals surface area contributed by atoms with Crippen LogP contribution in [-0.2, 0) is 10.8 Å². The third-order valence-corrected chi connectivity index (χ3v) is 4.51. The number of hydrogen-bond acceptors (Lipinski definition) is 1. The Morgan fingerprint density at radius 1 is 1.29 bits per heavy atom. The highest BCUT2D eigenvalue weighted by Gasteiger charge is 2.19. The SMILES string of the molecule is C#Cc1ccc(C2CCCCC2)c(S(C)=O)c1. The summed E-state index contributed by atoms with van der Waals surface area (Å²) in [5.41, 5.74) is 2.08. The van der Waals surface area contributed by atoms with Gasteiger partial charge in [-0.3, -0.25) is 4.21 Å². The van der Waals surface area contributed by atoms with Gasteiger partial charge in [-0.2, -0.15) is 0 Å². The molecule has 1 saturated carbocycles. The maximum atomic E-state index is 11.8. The van der Waals surface area contributed by atoms with Gasteiger partial charge in [0.15, 0.2) is 0 Å². The minimum Gasteiger partial charge on any atom is -0.255 e. The second kappa shape index (κ2) is 5.51. The Hall–Kier alpha value is -1.07. The van der Waals surface area contributed by atoms with Crippen molar-refractivity contribution in [3.05, 3.63) is 29.3 Å². The quantitative estimate of drug-likeness (QED) is 0.730. The number of rotatable bonds is 2. The standard InChI is InChI=1S/C15H18OS/c1-3-12-9-10-14(15(11-12)17(2)16)13-7-5-4-6-8-13/h1,9-11,13H,4-8H2,2H3. The van der Waals surface area contributed by atoms with Crippen LogP contribution in [0.25, 0.3) is 0 Å². The molecule has 0 aromatic heterocycles. The largest absolute Gasteiger partial charge is 0.255 e. The zero-order valence-electron chi connectivity index (χ0n) is 10.2. The minimum absolute atomic E-state index is 0.578. The second-order valence-corrected chi connectivity index (χ2v) is 6.03. The molecule has 1 unspecified atom stereocenters. The first-order valence-electron chi connectivity index (χ1n) is 6.16. The summed E-state index contributed by atoms with van der Waals surface area (Å²) in [6.07, 6.45) is 13.5. The Bertz CT molecular complexity index is 464. The maximum absolute atomic E-state index is 11.8. The van der Waals surface area contributed by atoms with E-state index in [1.54, 1.807) is 6.26 Å². The smallest absolute Gasteiger partial charge is 0.0501 e. The first-order valence-corrected chi connectivity index (χ1v) is 7.72. The van der Waals surface area contributed by atoms with Crippen LogP contribution in [0.3, 0.4) is 0 Å². The van der Waals surface area contributed by atoms with E-state index in [2.05, 4.69) is 12.0 Å². The minimum atomic E-state index is -0.950. The molecule has 0 spiro atoms. The second-order valence-electron chi connectivity index (χ2n) is 4.69. The first kappa shape index (κ1) is 12.4.